The van der Waals surface area contributed by atoms with Crippen molar-refractivity contribution in [2.45, 2.75) is 0 Å². The van der Waals surface area contributed by atoms with Gasteiger partial charge in [0.15, 0.2) is 0 Å². The molecule has 27 heavy (non-hydrogen) atoms. The van der Waals surface area contributed by atoms with Gasteiger partial charge in [0, 0.05) is 17.8 Å². The molecule has 2 aromatic rings. The van der Waals surface area contributed by atoms with Gasteiger partial charge in [-0.25, -0.2) is 4.79 Å². The van der Waals surface area contributed by atoms with Crippen molar-refractivity contribution in [1.82, 2.24) is 4.90 Å². The Kier molecular flexibility index (Phi) is 6.17. The summed E-state index contributed by atoms with van der Waals surface area (Å²) in [5.41, 5.74) is 1.76. The molecule has 3 rings (SSSR count). The van der Waals surface area contributed by atoms with Crippen LogP contribution >= 0.6 is 0 Å². The molecule has 2 amide bonds. The van der Waals surface area contributed by atoms with Crippen LogP contribution in [0, 0.1) is 10.1 Å². The molecular weight excluding hydrogens is 344 g/mol. The van der Waals surface area contributed by atoms with E-state index in [0.29, 0.717) is 18.8 Å². The number of hydrogen-bond donors (Lipinski definition) is 2. The first-order chi connectivity index (χ1) is 13.1. The van der Waals surface area contributed by atoms with Gasteiger partial charge in [-0.2, -0.15) is 0 Å². The van der Waals surface area contributed by atoms with Gasteiger partial charge in [0.1, 0.15) is 0 Å². The smallest absolute Gasteiger partial charge is 0.322 e. The minimum Gasteiger partial charge on any atom is -0.329 e. The van der Waals surface area contributed by atoms with Crippen molar-refractivity contribution in [1.29, 1.82) is 0 Å². The maximum Gasteiger partial charge on any atom is 0.322 e. The van der Waals surface area contributed by atoms with E-state index >= 15 is 0 Å². The maximum atomic E-state index is 12.3. The van der Waals surface area contributed by atoms with Gasteiger partial charge in [0.2, 0.25) is 0 Å². The summed E-state index contributed by atoms with van der Waals surface area (Å²) >= 11 is 0. The minimum absolute atomic E-state index is 0.00812. The third kappa shape index (κ3) is 5.39. The third-order valence-electron chi connectivity index (χ3n) is 4.60. The topological polar surface area (TPSA) is 79.9 Å². The van der Waals surface area contributed by atoms with Crippen molar-refractivity contribution in [2.24, 2.45) is 0 Å². The fourth-order valence-electron chi connectivity index (χ4n) is 3.02. The van der Waals surface area contributed by atoms with Gasteiger partial charge in [-0.3, -0.25) is 10.1 Å². The van der Waals surface area contributed by atoms with E-state index in [2.05, 4.69) is 29.6 Å². The molecule has 1 saturated heterocycles. The first-order valence-corrected chi connectivity index (χ1v) is 8.97. The molecule has 0 bridgehead atoms. The number of non-ortho nitro benzene ring substituents is 1. The first-order valence-electron chi connectivity index (χ1n) is 8.97. The van der Waals surface area contributed by atoms with Crippen molar-refractivity contribution < 1.29 is 14.6 Å². The Morgan fingerprint density at radius 3 is 2.41 bits per heavy atom. The predicted octanol–water partition coefficient (Wildman–Crippen LogP) is 2.04. The maximum absolute atomic E-state index is 12.3. The van der Waals surface area contributed by atoms with Crippen LogP contribution < -0.4 is 10.2 Å². The van der Waals surface area contributed by atoms with Gasteiger partial charge in [-0.15, -0.1) is 0 Å². The monoisotopic (exact) mass is 367 g/mol. The number of anilines is 1. The van der Waals surface area contributed by atoms with E-state index in [1.807, 2.05) is 18.2 Å². The summed E-state index contributed by atoms with van der Waals surface area (Å²) in [7, 11) is 0. The summed E-state index contributed by atoms with van der Waals surface area (Å²) < 4.78 is 0. The summed E-state index contributed by atoms with van der Waals surface area (Å²) in [6.07, 6.45) is 4.30. The van der Waals surface area contributed by atoms with E-state index in [0.717, 1.165) is 19.6 Å². The molecular formula is C20H23N4O3+. The highest BCUT2D eigenvalue weighted by Gasteiger charge is 2.23. The van der Waals surface area contributed by atoms with E-state index in [-0.39, 0.29) is 11.7 Å². The molecule has 7 nitrogen and oxygen atoms in total. The molecule has 1 aliphatic rings. The second kappa shape index (κ2) is 8.95. The second-order valence-electron chi connectivity index (χ2n) is 6.49. The molecule has 0 aliphatic carbocycles. The summed E-state index contributed by atoms with van der Waals surface area (Å²) in [6, 6.07) is 15.9. The van der Waals surface area contributed by atoms with Gasteiger partial charge in [-0.05, 0) is 23.8 Å². The van der Waals surface area contributed by atoms with Crippen LogP contribution in [0.5, 0.6) is 0 Å². The number of piperazine rings is 1. The average molecular weight is 367 g/mol. The molecule has 0 spiro atoms. The van der Waals surface area contributed by atoms with Gasteiger partial charge < -0.3 is 15.1 Å². The Morgan fingerprint density at radius 1 is 1.11 bits per heavy atom. The Hall–Kier alpha value is -3.19. The number of benzene rings is 2. The lowest BCUT2D eigenvalue weighted by Crippen LogP contribution is -3.14. The van der Waals surface area contributed by atoms with Gasteiger partial charge in [-0.1, -0.05) is 36.4 Å². The molecule has 0 radical (unpaired) electrons. The van der Waals surface area contributed by atoms with Crippen LogP contribution in [0.4, 0.5) is 16.2 Å². The summed E-state index contributed by atoms with van der Waals surface area (Å²) in [5.74, 6) is 0. The van der Waals surface area contributed by atoms with Crippen LogP contribution in [-0.2, 0) is 0 Å². The van der Waals surface area contributed by atoms with Gasteiger partial charge in [0.05, 0.1) is 37.6 Å². The number of amides is 2. The summed E-state index contributed by atoms with van der Waals surface area (Å²) in [6.45, 7) is 4.10. The lowest BCUT2D eigenvalue weighted by molar-refractivity contribution is -0.898. The number of rotatable bonds is 5. The zero-order valence-corrected chi connectivity index (χ0v) is 15.0. The molecule has 0 saturated carbocycles. The highest BCUT2D eigenvalue weighted by Crippen LogP contribution is 2.15. The lowest BCUT2D eigenvalue weighted by atomic mass is 10.2. The minimum atomic E-state index is -0.458. The van der Waals surface area contributed by atoms with Crippen LogP contribution in [0.15, 0.2) is 60.7 Å². The molecule has 140 valence electrons. The number of nitro benzene ring substituents is 1. The molecule has 1 fully saturated rings. The zero-order chi connectivity index (χ0) is 19.1. The number of carbonyl (C=O) groups excluding carboxylic acids is 1. The number of nitrogens with zero attached hydrogens (tertiary/aromatic N) is 2. The molecule has 1 heterocycles. The van der Waals surface area contributed by atoms with Crippen molar-refractivity contribution >= 4 is 23.5 Å². The molecule has 1 aliphatic heterocycles. The summed E-state index contributed by atoms with van der Waals surface area (Å²) in [5, 5.41) is 13.5. The number of quaternary nitrogens is 1. The number of nitrogens with one attached hydrogen (secondary N) is 2. The summed E-state index contributed by atoms with van der Waals surface area (Å²) in [4.78, 5) is 25.8. The molecule has 0 aromatic heterocycles. The number of hydrogen-bond acceptors (Lipinski definition) is 3. The Labute approximate surface area is 158 Å². The van der Waals surface area contributed by atoms with E-state index in [4.69, 9.17) is 0 Å². The normalized spacial score (nSPS) is 15.0. The quantitative estimate of drug-likeness (QED) is 0.627. The van der Waals surface area contributed by atoms with Gasteiger partial charge >= 0.3 is 6.03 Å². The highest BCUT2D eigenvalue weighted by molar-refractivity contribution is 5.89. The van der Waals surface area contributed by atoms with Gasteiger partial charge in [0.25, 0.3) is 5.69 Å². The molecule has 2 N–H and O–H groups in total. The van der Waals surface area contributed by atoms with Crippen LogP contribution in [-0.4, -0.2) is 48.6 Å². The highest BCUT2D eigenvalue weighted by atomic mass is 16.6. The second-order valence-corrected chi connectivity index (χ2v) is 6.49. The van der Waals surface area contributed by atoms with Crippen molar-refractivity contribution in [3.8, 4) is 0 Å². The fourth-order valence-corrected chi connectivity index (χ4v) is 3.02. The van der Waals surface area contributed by atoms with E-state index in [9.17, 15) is 14.9 Å². The van der Waals surface area contributed by atoms with Crippen LogP contribution in [0.25, 0.3) is 6.08 Å². The Bertz CT molecular complexity index is 798. The number of nitro groups is 1. The van der Waals surface area contributed by atoms with Crippen molar-refractivity contribution in [3.05, 3.63) is 76.4 Å². The molecule has 0 unspecified atom stereocenters. The van der Waals surface area contributed by atoms with E-state index in [1.54, 1.807) is 17.0 Å². The molecule has 7 heteroatoms. The Balaban J connectivity index is 1.43. The zero-order valence-electron chi connectivity index (χ0n) is 15.0. The third-order valence-corrected chi connectivity index (χ3v) is 4.60. The van der Waals surface area contributed by atoms with Crippen LogP contribution in [0.3, 0.4) is 0 Å². The van der Waals surface area contributed by atoms with Crippen LogP contribution in [0.2, 0.25) is 0 Å². The number of carbonyl (C=O) groups is 1. The lowest BCUT2D eigenvalue weighted by Gasteiger charge is -2.31. The van der Waals surface area contributed by atoms with Crippen molar-refractivity contribution in [2.75, 3.05) is 38.0 Å². The molecule has 2 aromatic carbocycles. The number of urea groups is 1. The standard InChI is InChI=1S/C20H22N4O3/c25-20(21-18-8-10-19(11-9-18)24(26)27)23-15-13-22(14-16-23)12-4-7-17-5-2-1-3-6-17/h1-11H,12-16H2,(H,21,25)/p+1/b7-4+. The van der Waals surface area contributed by atoms with E-state index in [1.165, 1.54) is 22.6 Å². The predicted molar refractivity (Wildman–Crippen MR) is 105 cm³/mol. The Morgan fingerprint density at radius 2 is 1.78 bits per heavy atom. The van der Waals surface area contributed by atoms with Crippen molar-refractivity contribution in [3.63, 3.8) is 0 Å². The molecule has 0 atom stereocenters. The largest absolute Gasteiger partial charge is 0.329 e. The van der Waals surface area contributed by atoms with E-state index < -0.39 is 4.92 Å². The first kappa shape index (κ1) is 18.6. The fraction of sp³-hybridized carbons (Fsp3) is 0.250. The average Bonchev–Trinajstić information content (AvgIpc) is 2.70. The SMILES string of the molecule is O=C(Nc1ccc([N+](=O)[O-])cc1)N1CC[NH+](C/C=C/c2ccccc2)CC1. The van der Waals surface area contributed by atoms with Crippen LogP contribution in [0.1, 0.15) is 5.56 Å².